The number of carboxylic acids is 2. The lowest BCUT2D eigenvalue weighted by Gasteiger charge is -2.16. The fourth-order valence-corrected chi connectivity index (χ4v) is 1.48. The summed E-state index contributed by atoms with van der Waals surface area (Å²) in [6.07, 6.45) is 0.648. The Morgan fingerprint density at radius 3 is 2.25 bits per heavy atom. The molecule has 2 atom stereocenters. The quantitative estimate of drug-likeness (QED) is 0.530. The second kappa shape index (κ2) is 2.75. The number of hydrogen-bond donors (Lipinski definition) is 3. The van der Waals surface area contributed by atoms with Gasteiger partial charge in [0.2, 0.25) is 0 Å². The van der Waals surface area contributed by atoms with Crippen LogP contribution < -0.4 is 5.73 Å². The second-order valence-electron chi connectivity index (χ2n) is 3.24. The minimum atomic E-state index is -1.32. The van der Waals surface area contributed by atoms with Crippen molar-refractivity contribution in [1.82, 2.24) is 0 Å². The van der Waals surface area contributed by atoms with Crippen molar-refractivity contribution in [2.24, 2.45) is 11.7 Å². The first-order chi connectivity index (χ1) is 5.46. The minimum Gasteiger partial charge on any atom is -0.481 e. The number of nitrogens with two attached hydrogens (primary N) is 1. The third-order valence-corrected chi connectivity index (χ3v) is 2.32. The van der Waals surface area contributed by atoms with E-state index in [-0.39, 0.29) is 12.8 Å². The molecule has 0 aromatic carbocycles. The highest BCUT2D eigenvalue weighted by Crippen LogP contribution is 2.32. The second-order valence-corrected chi connectivity index (χ2v) is 3.24. The van der Waals surface area contributed by atoms with Crippen molar-refractivity contribution in [3.05, 3.63) is 0 Å². The molecule has 0 radical (unpaired) electrons. The summed E-state index contributed by atoms with van der Waals surface area (Å²) < 4.78 is 0. The van der Waals surface area contributed by atoms with E-state index in [1.165, 1.54) is 0 Å². The highest BCUT2D eigenvalue weighted by atomic mass is 16.4. The maximum Gasteiger partial charge on any atom is 0.323 e. The first-order valence-corrected chi connectivity index (χ1v) is 3.71. The third-order valence-electron chi connectivity index (χ3n) is 2.32. The van der Waals surface area contributed by atoms with Crippen LogP contribution in [0.3, 0.4) is 0 Å². The Morgan fingerprint density at radius 1 is 1.42 bits per heavy atom. The van der Waals surface area contributed by atoms with Crippen LogP contribution in [0.5, 0.6) is 0 Å². The highest BCUT2D eigenvalue weighted by molar-refractivity contribution is 5.81. The molecule has 5 heteroatoms. The van der Waals surface area contributed by atoms with Gasteiger partial charge in [-0.05, 0) is 19.3 Å². The van der Waals surface area contributed by atoms with Gasteiger partial charge in [-0.3, -0.25) is 9.59 Å². The predicted octanol–water partition coefficient (Wildman–Crippen LogP) is -0.347. The summed E-state index contributed by atoms with van der Waals surface area (Å²) in [4.78, 5) is 21.0. The van der Waals surface area contributed by atoms with E-state index >= 15 is 0 Å². The van der Waals surface area contributed by atoms with E-state index in [0.717, 1.165) is 0 Å². The van der Waals surface area contributed by atoms with Crippen LogP contribution in [0.25, 0.3) is 0 Å². The molecule has 1 rings (SSSR count). The van der Waals surface area contributed by atoms with E-state index in [0.29, 0.717) is 6.42 Å². The first kappa shape index (κ1) is 8.99. The van der Waals surface area contributed by atoms with Crippen molar-refractivity contribution in [2.45, 2.75) is 24.8 Å². The summed E-state index contributed by atoms with van der Waals surface area (Å²) in [5, 5.41) is 17.2. The lowest BCUT2D eigenvalue weighted by atomic mass is 9.98. The molecule has 0 aliphatic heterocycles. The number of carbonyl (C=O) groups is 2. The van der Waals surface area contributed by atoms with Gasteiger partial charge in [-0.2, -0.15) is 0 Å². The third kappa shape index (κ3) is 1.40. The van der Waals surface area contributed by atoms with Crippen molar-refractivity contribution in [1.29, 1.82) is 0 Å². The van der Waals surface area contributed by atoms with E-state index in [2.05, 4.69) is 0 Å². The summed E-state index contributed by atoms with van der Waals surface area (Å²) in [7, 11) is 0. The van der Waals surface area contributed by atoms with Gasteiger partial charge in [-0.25, -0.2) is 0 Å². The van der Waals surface area contributed by atoms with Crippen LogP contribution in [0, 0.1) is 5.92 Å². The molecular formula is C7H11NO4. The number of aliphatic carboxylic acids is 2. The zero-order valence-electron chi connectivity index (χ0n) is 6.49. The topological polar surface area (TPSA) is 101 Å². The Kier molecular flexibility index (Phi) is 2.06. The standard InChI is InChI=1S/C7H11NO4/c8-7(6(11)12)2-1-4(3-7)5(9)10/h4H,1-3,8H2,(H,9,10)(H,11,12)/t4?,7-/m1/s1. The summed E-state index contributed by atoms with van der Waals surface area (Å²) in [5.41, 5.74) is 4.15. The average Bonchev–Trinajstić information content (AvgIpc) is 2.33. The molecule has 0 amide bonds. The SMILES string of the molecule is N[C@]1(C(=O)O)CCC(C(=O)O)C1. The van der Waals surface area contributed by atoms with Crippen LogP contribution in [0.15, 0.2) is 0 Å². The Bertz CT molecular complexity index is 227. The summed E-state index contributed by atoms with van der Waals surface area (Å²) >= 11 is 0. The van der Waals surface area contributed by atoms with Crippen LogP contribution in [0.4, 0.5) is 0 Å². The zero-order chi connectivity index (χ0) is 9.35. The van der Waals surface area contributed by atoms with E-state index in [9.17, 15) is 9.59 Å². The van der Waals surface area contributed by atoms with Crippen LogP contribution in [-0.2, 0) is 9.59 Å². The van der Waals surface area contributed by atoms with Crippen LogP contribution >= 0.6 is 0 Å². The molecule has 1 fully saturated rings. The summed E-state index contributed by atoms with van der Waals surface area (Å²) in [6.45, 7) is 0. The number of rotatable bonds is 2. The number of carboxylic acid groups (broad SMARTS) is 2. The molecule has 4 N–H and O–H groups in total. The van der Waals surface area contributed by atoms with E-state index in [1.54, 1.807) is 0 Å². The molecule has 0 heterocycles. The normalized spacial score (nSPS) is 34.9. The summed E-state index contributed by atoms with van der Waals surface area (Å²) in [6, 6.07) is 0. The molecule has 0 aromatic heterocycles. The maximum absolute atomic E-state index is 10.6. The molecule has 0 aromatic rings. The van der Waals surface area contributed by atoms with Gasteiger partial charge in [0.25, 0.3) is 0 Å². The lowest BCUT2D eigenvalue weighted by molar-refractivity contribution is -0.144. The molecule has 68 valence electrons. The predicted molar refractivity (Wildman–Crippen MR) is 39.5 cm³/mol. The van der Waals surface area contributed by atoms with Crippen molar-refractivity contribution in [3.8, 4) is 0 Å². The average molecular weight is 173 g/mol. The van der Waals surface area contributed by atoms with Gasteiger partial charge in [0.05, 0.1) is 5.92 Å². The molecule has 0 bridgehead atoms. The Balaban J connectivity index is 2.67. The molecule has 0 saturated heterocycles. The lowest BCUT2D eigenvalue weighted by Crippen LogP contribution is -2.45. The fraction of sp³-hybridized carbons (Fsp3) is 0.714. The van der Waals surface area contributed by atoms with Crippen LogP contribution in [-0.4, -0.2) is 27.7 Å². The molecule has 0 spiro atoms. The molecule has 12 heavy (non-hydrogen) atoms. The van der Waals surface area contributed by atoms with Crippen molar-refractivity contribution in [3.63, 3.8) is 0 Å². The van der Waals surface area contributed by atoms with Crippen molar-refractivity contribution >= 4 is 11.9 Å². The Hall–Kier alpha value is -1.10. The van der Waals surface area contributed by atoms with E-state index in [1.807, 2.05) is 0 Å². The van der Waals surface area contributed by atoms with Crippen LogP contribution in [0.1, 0.15) is 19.3 Å². The molecular weight excluding hydrogens is 162 g/mol. The van der Waals surface area contributed by atoms with E-state index < -0.39 is 23.4 Å². The molecule has 1 saturated carbocycles. The monoisotopic (exact) mass is 173 g/mol. The van der Waals surface area contributed by atoms with Gasteiger partial charge in [0.1, 0.15) is 5.54 Å². The van der Waals surface area contributed by atoms with Gasteiger partial charge in [-0.15, -0.1) is 0 Å². The van der Waals surface area contributed by atoms with E-state index in [4.69, 9.17) is 15.9 Å². The molecule has 1 aliphatic rings. The van der Waals surface area contributed by atoms with Gasteiger partial charge in [-0.1, -0.05) is 0 Å². The van der Waals surface area contributed by atoms with Crippen LogP contribution in [0.2, 0.25) is 0 Å². The first-order valence-electron chi connectivity index (χ1n) is 3.71. The van der Waals surface area contributed by atoms with Gasteiger partial charge < -0.3 is 15.9 Å². The zero-order valence-corrected chi connectivity index (χ0v) is 6.49. The fourth-order valence-electron chi connectivity index (χ4n) is 1.48. The van der Waals surface area contributed by atoms with Gasteiger partial charge in [0, 0.05) is 0 Å². The minimum absolute atomic E-state index is 0.0394. The van der Waals surface area contributed by atoms with Crippen molar-refractivity contribution in [2.75, 3.05) is 0 Å². The van der Waals surface area contributed by atoms with Gasteiger partial charge >= 0.3 is 11.9 Å². The van der Waals surface area contributed by atoms with Crippen molar-refractivity contribution < 1.29 is 19.8 Å². The molecule has 5 nitrogen and oxygen atoms in total. The molecule has 1 unspecified atom stereocenters. The Morgan fingerprint density at radius 2 is 2.00 bits per heavy atom. The highest BCUT2D eigenvalue weighted by Gasteiger charge is 2.44. The van der Waals surface area contributed by atoms with Gasteiger partial charge in [0.15, 0.2) is 0 Å². The maximum atomic E-state index is 10.6. The number of hydrogen-bond acceptors (Lipinski definition) is 3. The largest absolute Gasteiger partial charge is 0.481 e. The Labute approximate surface area is 69.2 Å². The molecule has 1 aliphatic carbocycles. The smallest absolute Gasteiger partial charge is 0.323 e. The summed E-state index contributed by atoms with van der Waals surface area (Å²) in [5.74, 6) is -2.65.